The Morgan fingerprint density at radius 2 is 2.08 bits per heavy atom. The number of methoxy groups -OCH3 is 2. The van der Waals surface area contributed by atoms with Gasteiger partial charge in [0.15, 0.2) is 5.96 Å². The van der Waals surface area contributed by atoms with Gasteiger partial charge in [0.1, 0.15) is 11.5 Å². The van der Waals surface area contributed by atoms with E-state index in [1.54, 1.807) is 21.3 Å². The van der Waals surface area contributed by atoms with Crippen LogP contribution in [0.4, 0.5) is 4.79 Å². The van der Waals surface area contributed by atoms with E-state index in [9.17, 15) is 9.59 Å². The molecule has 0 saturated carbocycles. The fraction of sp³-hybridized carbons (Fsp3) is 0.438. The Morgan fingerprint density at radius 1 is 1.28 bits per heavy atom. The molecule has 0 atom stereocenters. The van der Waals surface area contributed by atoms with Crippen molar-refractivity contribution >= 4 is 17.9 Å². The second kappa shape index (κ2) is 8.76. The summed E-state index contributed by atoms with van der Waals surface area (Å²) in [5.41, 5.74) is 0.945. The molecule has 9 heteroatoms. The summed E-state index contributed by atoms with van der Waals surface area (Å²) >= 11 is 0. The van der Waals surface area contributed by atoms with Gasteiger partial charge in [0.25, 0.3) is 0 Å². The molecule has 3 N–H and O–H groups in total. The molecule has 0 radical (unpaired) electrons. The van der Waals surface area contributed by atoms with Crippen molar-refractivity contribution < 1.29 is 19.1 Å². The van der Waals surface area contributed by atoms with Crippen molar-refractivity contribution in [1.29, 1.82) is 0 Å². The van der Waals surface area contributed by atoms with Crippen molar-refractivity contribution in [3.63, 3.8) is 0 Å². The number of carbonyl (C=O) groups is 2. The van der Waals surface area contributed by atoms with Gasteiger partial charge in [0.05, 0.1) is 20.8 Å². The molecule has 25 heavy (non-hydrogen) atoms. The number of ether oxygens (including phenoxy) is 2. The van der Waals surface area contributed by atoms with Crippen LogP contribution in [-0.2, 0) is 11.3 Å². The molecule has 0 aromatic heterocycles. The van der Waals surface area contributed by atoms with Gasteiger partial charge in [-0.15, -0.1) is 0 Å². The first kappa shape index (κ1) is 18.4. The zero-order chi connectivity index (χ0) is 18.2. The minimum Gasteiger partial charge on any atom is -0.497 e. The van der Waals surface area contributed by atoms with Gasteiger partial charge in [0, 0.05) is 38.3 Å². The molecule has 9 nitrogen and oxygen atoms in total. The largest absolute Gasteiger partial charge is 0.497 e. The Bertz CT molecular complexity index is 646. The third kappa shape index (κ3) is 4.75. The number of nitrogens with one attached hydrogen (secondary N) is 3. The van der Waals surface area contributed by atoms with Crippen LogP contribution in [0, 0.1) is 0 Å². The number of hydrogen-bond acceptors (Lipinski definition) is 5. The molecular weight excluding hydrogens is 326 g/mol. The summed E-state index contributed by atoms with van der Waals surface area (Å²) in [5, 5.41) is 8.71. The second-order valence-electron chi connectivity index (χ2n) is 5.23. The topological polar surface area (TPSA) is 104 Å². The fourth-order valence-corrected chi connectivity index (χ4v) is 2.37. The number of urea groups is 1. The molecule has 1 aromatic carbocycles. The Kier molecular flexibility index (Phi) is 6.44. The first-order valence-electron chi connectivity index (χ1n) is 7.82. The Labute approximate surface area is 146 Å². The summed E-state index contributed by atoms with van der Waals surface area (Å²) in [6, 6.07) is 5.21. The van der Waals surface area contributed by atoms with E-state index in [-0.39, 0.29) is 25.0 Å². The molecule has 1 aliphatic rings. The van der Waals surface area contributed by atoms with Crippen LogP contribution in [0.3, 0.4) is 0 Å². The maximum absolute atomic E-state index is 11.5. The highest BCUT2D eigenvalue weighted by Crippen LogP contribution is 2.24. The molecule has 1 fully saturated rings. The average molecular weight is 349 g/mol. The van der Waals surface area contributed by atoms with Crippen LogP contribution in [0.1, 0.15) is 5.56 Å². The van der Waals surface area contributed by atoms with Crippen LogP contribution < -0.4 is 25.4 Å². The first-order valence-corrected chi connectivity index (χ1v) is 7.82. The summed E-state index contributed by atoms with van der Waals surface area (Å²) in [4.78, 5) is 28.3. The van der Waals surface area contributed by atoms with Gasteiger partial charge in [-0.2, -0.15) is 0 Å². The van der Waals surface area contributed by atoms with Crippen molar-refractivity contribution in [2.75, 3.05) is 40.9 Å². The Morgan fingerprint density at radius 3 is 2.68 bits per heavy atom. The number of hydrogen-bond donors (Lipinski definition) is 3. The van der Waals surface area contributed by atoms with Crippen LogP contribution in [-0.4, -0.2) is 63.7 Å². The van der Waals surface area contributed by atoms with Crippen LogP contribution in [0.25, 0.3) is 0 Å². The van der Waals surface area contributed by atoms with Crippen molar-refractivity contribution in [2.45, 2.75) is 6.54 Å². The molecule has 1 aromatic rings. The molecule has 1 aliphatic heterocycles. The fourth-order valence-electron chi connectivity index (χ4n) is 2.37. The number of imide groups is 1. The van der Waals surface area contributed by atoms with E-state index >= 15 is 0 Å². The third-order valence-electron chi connectivity index (χ3n) is 3.73. The lowest BCUT2D eigenvalue weighted by Crippen LogP contribution is -2.43. The normalized spacial score (nSPS) is 14.4. The Balaban J connectivity index is 1.84. The van der Waals surface area contributed by atoms with Gasteiger partial charge in [0.2, 0.25) is 5.91 Å². The van der Waals surface area contributed by atoms with Crippen LogP contribution >= 0.6 is 0 Å². The number of aliphatic imine (C=N–C) groups is 1. The molecular formula is C16H23N5O4. The lowest BCUT2D eigenvalue weighted by atomic mass is 10.2. The van der Waals surface area contributed by atoms with E-state index in [0.29, 0.717) is 24.8 Å². The molecule has 0 spiro atoms. The maximum Gasteiger partial charge on any atom is 0.324 e. The third-order valence-corrected chi connectivity index (χ3v) is 3.73. The standard InChI is InChI=1S/C16H23N5O4/c1-17-15(18-6-7-21-14(22)10-20-16(21)23)19-9-11-4-5-12(24-2)8-13(11)25-3/h4-5,8H,6-7,9-10H2,1-3H3,(H,20,23)(H2,17,18,19). The highest BCUT2D eigenvalue weighted by atomic mass is 16.5. The maximum atomic E-state index is 11.5. The highest BCUT2D eigenvalue weighted by Gasteiger charge is 2.27. The summed E-state index contributed by atoms with van der Waals surface area (Å²) in [7, 11) is 4.85. The van der Waals surface area contributed by atoms with Crippen LogP contribution in [0.5, 0.6) is 11.5 Å². The molecule has 2 rings (SSSR count). The van der Waals surface area contributed by atoms with Gasteiger partial charge in [-0.25, -0.2) is 4.79 Å². The monoisotopic (exact) mass is 349 g/mol. The predicted octanol–water partition coefficient (Wildman–Crippen LogP) is -0.0794. The van der Waals surface area contributed by atoms with E-state index in [4.69, 9.17) is 9.47 Å². The smallest absolute Gasteiger partial charge is 0.324 e. The van der Waals surface area contributed by atoms with Gasteiger partial charge >= 0.3 is 6.03 Å². The van der Waals surface area contributed by atoms with Crippen LogP contribution in [0.15, 0.2) is 23.2 Å². The second-order valence-corrected chi connectivity index (χ2v) is 5.23. The van der Waals surface area contributed by atoms with Gasteiger partial charge in [-0.3, -0.25) is 14.7 Å². The number of amides is 3. The van der Waals surface area contributed by atoms with E-state index < -0.39 is 0 Å². The Hall–Kier alpha value is -2.97. The lowest BCUT2D eigenvalue weighted by molar-refractivity contribution is -0.124. The van der Waals surface area contributed by atoms with Crippen LogP contribution in [0.2, 0.25) is 0 Å². The lowest BCUT2D eigenvalue weighted by Gasteiger charge is -2.16. The first-order chi connectivity index (χ1) is 12.1. The zero-order valence-electron chi connectivity index (χ0n) is 14.6. The van der Waals surface area contributed by atoms with E-state index in [1.807, 2.05) is 18.2 Å². The van der Waals surface area contributed by atoms with Crippen molar-refractivity contribution in [3.05, 3.63) is 23.8 Å². The molecule has 136 valence electrons. The van der Waals surface area contributed by atoms with E-state index in [0.717, 1.165) is 11.3 Å². The predicted molar refractivity (Wildman–Crippen MR) is 92.9 cm³/mol. The summed E-state index contributed by atoms with van der Waals surface area (Å²) in [6.07, 6.45) is 0. The SMILES string of the molecule is CN=C(NCCN1C(=O)CNC1=O)NCc1ccc(OC)cc1OC. The minimum absolute atomic E-state index is 0.0586. The number of benzene rings is 1. The average Bonchev–Trinajstić information content (AvgIpc) is 2.96. The molecule has 1 saturated heterocycles. The van der Waals surface area contributed by atoms with Gasteiger partial charge < -0.3 is 25.4 Å². The van der Waals surface area contributed by atoms with Crippen molar-refractivity contribution in [3.8, 4) is 11.5 Å². The number of guanidine groups is 1. The van der Waals surface area contributed by atoms with Gasteiger partial charge in [-0.1, -0.05) is 0 Å². The van der Waals surface area contributed by atoms with Crippen molar-refractivity contribution in [1.82, 2.24) is 20.9 Å². The van der Waals surface area contributed by atoms with Gasteiger partial charge in [-0.05, 0) is 12.1 Å². The minimum atomic E-state index is -0.363. The summed E-state index contributed by atoms with van der Waals surface area (Å²) in [6.45, 7) is 1.23. The quantitative estimate of drug-likeness (QED) is 0.361. The molecule has 0 aliphatic carbocycles. The number of carbonyl (C=O) groups excluding carboxylic acids is 2. The summed E-state index contributed by atoms with van der Waals surface area (Å²) in [5.74, 6) is 1.76. The van der Waals surface area contributed by atoms with E-state index in [1.165, 1.54) is 4.90 Å². The molecule has 3 amide bonds. The molecule has 0 unspecified atom stereocenters. The molecule has 0 bridgehead atoms. The summed E-state index contributed by atoms with van der Waals surface area (Å²) < 4.78 is 10.5. The number of nitrogens with zero attached hydrogens (tertiary/aromatic N) is 2. The number of rotatable bonds is 7. The highest BCUT2D eigenvalue weighted by molar-refractivity contribution is 6.01. The van der Waals surface area contributed by atoms with E-state index in [2.05, 4.69) is 20.9 Å². The molecule has 1 heterocycles. The van der Waals surface area contributed by atoms with Crippen molar-refractivity contribution in [2.24, 2.45) is 4.99 Å². The zero-order valence-corrected chi connectivity index (χ0v) is 14.6.